The molecular formula is C26H32N6O2S. The Morgan fingerprint density at radius 3 is 2.83 bits per heavy atom. The van der Waals surface area contributed by atoms with Crippen molar-refractivity contribution in [3.05, 3.63) is 47.1 Å². The average molecular weight is 493 g/mol. The quantitative estimate of drug-likeness (QED) is 0.572. The zero-order valence-corrected chi connectivity index (χ0v) is 20.9. The highest BCUT2D eigenvalue weighted by atomic mass is 32.1. The molecular weight excluding hydrogens is 460 g/mol. The van der Waals surface area contributed by atoms with Crippen molar-refractivity contribution < 1.29 is 9.53 Å². The van der Waals surface area contributed by atoms with E-state index in [9.17, 15) is 4.79 Å². The molecule has 0 saturated carbocycles. The lowest BCUT2D eigenvalue weighted by molar-refractivity contribution is -0.00187. The fraction of sp³-hybridized carbons (Fsp3) is 0.462. The van der Waals surface area contributed by atoms with Crippen LogP contribution < -0.4 is 5.32 Å². The van der Waals surface area contributed by atoms with Crippen LogP contribution in [0.15, 0.2) is 36.7 Å². The maximum absolute atomic E-state index is 12.5. The number of ether oxygens (including phenoxy) is 1. The lowest BCUT2D eigenvalue weighted by Crippen LogP contribution is -2.53. The molecule has 6 heterocycles. The van der Waals surface area contributed by atoms with E-state index in [2.05, 4.69) is 57.6 Å². The lowest BCUT2D eigenvalue weighted by atomic mass is 9.99. The van der Waals surface area contributed by atoms with Gasteiger partial charge in [-0.15, -0.1) is 11.3 Å². The van der Waals surface area contributed by atoms with Crippen LogP contribution in [0.1, 0.15) is 16.9 Å². The van der Waals surface area contributed by atoms with Gasteiger partial charge in [0.15, 0.2) is 0 Å². The second-order valence-corrected chi connectivity index (χ2v) is 10.9. The molecule has 3 aromatic heterocycles. The number of hydrogen-bond acceptors (Lipinski definition) is 6. The van der Waals surface area contributed by atoms with Gasteiger partial charge in [0, 0.05) is 84.5 Å². The Morgan fingerprint density at radius 2 is 2.09 bits per heavy atom. The third-order valence-electron chi connectivity index (χ3n) is 7.26. The minimum Gasteiger partial charge on any atom is -0.377 e. The summed E-state index contributed by atoms with van der Waals surface area (Å²) in [5, 5.41) is 4.18. The maximum Gasteiger partial charge on any atom is 0.318 e. The lowest BCUT2D eigenvalue weighted by Gasteiger charge is -2.32. The van der Waals surface area contributed by atoms with Gasteiger partial charge in [0.1, 0.15) is 5.65 Å². The van der Waals surface area contributed by atoms with Gasteiger partial charge in [-0.2, -0.15) is 0 Å². The van der Waals surface area contributed by atoms with E-state index in [4.69, 9.17) is 9.72 Å². The molecule has 9 heteroatoms. The van der Waals surface area contributed by atoms with Crippen molar-refractivity contribution in [2.75, 3.05) is 59.5 Å². The summed E-state index contributed by atoms with van der Waals surface area (Å²) in [6, 6.07) is 6.91. The molecule has 0 aliphatic carbocycles. The number of likely N-dealkylation sites (N-methyl/N-ethyl adjacent to an activating group) is 1. The molecule has 2 fully saturated rings. The molecule has 0 aromatic carbocycles. The number of aromatic amines is 1. The van der Waals surface area contributed by atoms with Crippen molar-refractivity contribution in [2.45, 2.75) is 19.0 Å². The Labute approximate surface area is 209 Å². The molecule has 2 saturated heterocycles. The van der Waals surface area contributed by atoms with Gasteiger partial charge in [-0.25, -0.2) is 9.78 Å². The van der Waals surface area contributed by atoms with E-state index in [1.54, 1.807) is 0 Å². The number of fused-ring (bicyclic) bond motifs is 1. The first kappa shape index (κ1) is 22.7. The standard InChI is InChI=1S/C26H32N6O2S/c1-30-8-10-31(11-9-30)15-21-2-3-24(35-21)19-12-22-23(14-28-25(22)27-13-19)18-4-6-32(7-5-18)26(33)29-20-16-34-17-20/h2-4,12-14,20H,5-11,15-17H2,1H3,(H,27,28)(H,29,33). The predicted octanol–water partition coefficient (Wildman–Crippen LogP) is 3.24. The van der Waals surface area contributed by atoms with Crippen LogP contribution in [-0.4, -0.2) is 96.3 Å². The Balaban J connectivity index is 1.16. The van der Waals surface area contributed by atoms with Crippen molar-refractivity contribution in [3.8, 4) is 10.4 Å². The summed E-state index contributed by atoms with van der Waals surface area (Å²) in [7, 11) is 2.20. The third-order valence-corrected chi connectivity index (χ3v) is 8.38. The smallest absolute Gasteiger partial charge is 0.318 e. The van der Waals surface area contributed by atoms with Crippen molar-refractivity contribution in [1.82, 2.24) is 30.0 Å². The number of hydrogen-bond donors (Lipinski definition) is 2. The molecule has 0 unspecified atom stereocenters. The summed E-state index contributed by atoms with van der Waals surface area (Å²) in [5.41, 5.74) is 4.53. The first-order chi connectivity index (χ1) is 17.1. The number of carbonyl (C=O) groups is 1. The topological polar surface area (TPSA) is 76.7 Å². The van der Waals surface area contributed by atoms with Crippen molar-refractivity contribution in [3.63, 3.8) is 0 Å². The molecule has 6 rings (SSSR count). The van der Waals surface area contributed by atoms with E-state index in [-0.39, 0.29) is 12.1 Å². The molecule has 0 bridgehead atoms. The summed E-state index contributed by atoms with van der Waals surface area (Å²) in [6.45, 7) is 8.14. The highest BCUT2D eigenvalue weighted by molar-refractivity contribution is 7.15. The number of aromatic nitrogens is 2. The van der Waals surface area contributed by atoms with Gasteiger partial charge < -0.3 is 24.8 Å². The van der Waals surface area contributed by atoms with Gasteiger partial charge in [-0.3, -0.25) is 4.90 Å². The summed E-state index contributed by atoms with van der Waals surface area (Å²) >= 11 is 1.87. The number of carbonyl (C=O) groups excluding carboxylic acids is 1. The number of thiophene rings is 1. The minimum absolute atomic E-state index is 0.00144. The van der Waals surface area contributed by atoms with E-state index < -0.39 is 0 Å². The van der Waals surface area contributed by atoms with Crippen LogP contribution in [-0.2, 0) is 11.3 Å². The number of pyridine rings is 1. The van der Waals surface area contributed by atoms with Gasteiger partial charge >= 0.3 is 6.03 Å². The molecule has 0 radical (unpaired) electrons. The van der Waals surface area contributed by atoms with Gasteiger partial charge in [-0.05, 0) is 37.2 Å². The predicted molar refractivity (Wildman–Crippen MR) is 139 cm³/mol. The van der Waals surface area contributed by atoms with Crippen LogP contribution in [0.3, 0.4) is 0 Å². The highest BCUT2D eigenvalue weighted by Crippen LogP contribution is 2.34. The molecule has 8 nitrogen and oxygen atoms in total. The van der Waals surface area contributed by atoms with E-state index in [0.717, 1.165) is 55.7 Å². The summed E-state index contributed by atoms with van der Waals surface area (Å²) in [5.74, 6) is 0. The zero-order chi connectivity index (χ0) is 23.8. The second kappa shape index (κ2) is 9.73. The number of piperazine rings is 1. The first-order valence-electron chi connectivity index (χ1n) is 12.4. The second-order valence-electron chi connectivity index (χ2n) is 9.78. The van der Waals surface area contributed by atoms with Crippen LogP contribution in [0.2, 0.25) is 0 Å². The maximum atomic E-state index is 12.5. The van der Waals surface area contributed by atoms with Gasteiger partial charge in [-0.1, -0.05) is 6.08 Å². The number of amides is 2. The largest absolute Gasteiger partial charge is 0.377 e. The third kappa shape index (κ3) is 4.86. The Morgan fingerprint density at radius 1 is 1.23 bits per heavy atom. The van der Waals surface area contributed by atoms with E-state index in [1.807, 2.05) is 22.4 Å². The first-order valence-corrected chi connectivity index (χ1v) is 13.2. The molecule has 35 heavy (non-hydrogen) atoms. The van der Waals surface area contributed by atoms with Crippen molar-refractivity contribution >= 4 is 34.0 Å². The Bertz CT molecular complexity index is 1240. The monoisotopic (exact) mass is 492 g/mol. The molecule has 184 valence electrons. The Hall–Kier alpha value is -2.72. The SMILES string of the molecule is CN1CCN(Cc2ccc(-c3cnc4[nH]cc(C5=CCN(C(=O)NC6COC6)CC5)c4c3)s2)CC1. The molecule has 3 aliphatic rings. The summed E-state index contributed by atoms with van der Waals surface area (Å²) in [6.07, 6.45) is 7.04. The van der Waals surface area contributed by atoms with Gasteiger partial charge in [0.05, 0.1) is 19.3 Å². The highest BCUT2D eigenvalue weighted by Gasteiger charge is 2.25. The zero-order valence-electron chi connectivity index (χ0n) is 20.1. The van der Waals surface area contributed by atoms with Crippen LogP contribution in [0, 0.1) is 0 Å². The molecule has 0 atom stereocenters. The van der Waals surface area contributed by atoms with Gasteiger partial charge in [0.2, 0.25) is 0 Å². The normalized spacial score (nSPS) is 20.1. The fourth-order valence-electron chi connectivity index (χ4n) is 4.93. The van der Waals surface area contributed by atoms with Crippen molar-refractivity contribution in [1.29, 1.82) is 0 Å². The summed E-state index contributed by atoms with van der Waals surface area (Å²) in [4.78, 5) is 30.0. The minimum atomic E-state index is 0.00144. The molecule has 3 aliphatic heterocycles. The average Bonchev–Trinajstić information content (AvgIpc) is 3.49. The number of urea groups is 1. The Kier molecular flexibility index (Phi) is 6.32. The van der Waals surface area contributed by atoms with Crippen LogP contribution in [0.25, 0.3) is 27.0 Å². The number of rotatable bonds is 5. The van der Waals surface area contributed by atoms with Crippen molar-refractivity contribution in [2.24, 2.45) is 0 Å². The molecule has 2 amide bonds. The van der Waals surface area contributed by atoms with E-state index >= 15 is 0 Å². The molecule has 3 aromatic rings. The van der Waals surface area contributed by atoms with Crippen LogP contribution in [0.4, 0.5) is 4.79 Å². The molecule has 2 N–H and O–H groups in total. The van der Waals surface area contributed by atoms with E-state index in [1.165, 1.54) is 20.9 Å². The summed E-state index contributed by atoms with van der Waals surface area (Å²) < 4.78 is 5.15. The van der Waals surface area contributed by atoms with Crippen LogP contribution >= 0.6 is 11.3 Å². The van der Waals surface area contributed by atoms with E-state index in [0.29, 0.717) is 26.3 Å². The van der Waals surface area contributed by atoms with Crippen LogP contribution in [0.5, 0.6) is 0 Å². The fourth-order valence-corrected chi connectivity index (χ4v) is 5.96. The number of H-pyrrole nitrogens is 1. The number of nitrogens with zero attached hydrogens (tertiary/aromatic N) is 4. The molecule has 0 spiro atoms. The van der Waals surface area contributed by atoms with Gasteiger partial charge in [0.25, 0.3) is 0 Å². The number of nitrogens with one attached hydrogen (secondary N) is 2.